The standard InChI is InChI=1S/C14H28N2O/c1-4-14(3)11-16(8-9-17-5-2)13(10-15-14)12-6-7-12/h12-13,15H,4-11H2,1-3H3. The van der Waals surface area contributed by atoms with Gasteiger partial charge in [-0.1, -0.05) is 6.92 Å². The van der Waals surface area contributed by atoms with E-state index in [0.717, 1.165) is 31.7 Å². The molecule has 2 unspecified atom stereocenters. The summed E-state index contributed by atoms with van der Waals surface area (Å²) < 4.78 is 5.52. The van der Waals surface area contributed by atoms with Gasteiger partial charge in [0.2, 0.25) is 0 Å². The first kappa shape index (κ1) is 13.3. The first-order valence-electron chi connectivity index (χ1n) is 7.25. The Morgan fingerprint density at radius 1 is 1.35 bits per heavy atom. The van der Waals surface area contributed by atoms with Gasteiger partial charge in [0.15, 0.2) is 0 Å². The van der Waals surface area contributed by atoms with Crippen LogP contribution in [-0.4, -0.2) is 49.3 Å². The molecule has 1 N–H and O–H groups in total. The van der Waals surface area contributed by atoms with E-state index in [1.165, 1.54) is 32.4 Å². The smallest absolute Gasteiger partial charge is 0.0593 e. The second-order valence-electron chi connectivity index (χ2n) is 5.87. The van der Waals surface area contributed by atoms with E-state index < -0.39 is 0 Å². The molecule has 1 saturated carbocycles. The van der Waals surface area contributed by atoms with Crippen LogP contribution < -0.4 is 5.32 Å². The van der Waals surface area contributed by atoms with Crippen molar-refractivity contribution in [1.82, 2.24) is 10.2 Å². The fourth-order valence-electron chi connectivity index (χ4n) is 2.86. The molecule has 3 heteroatoms. The third-order valence-electron chi connectivity index (χ3n) is 4.43. The molecule has 0 amide bonds. The number of hydrogen-bond donors (Lipinski definition) is 1. The third kappa shape index (κ3) is 3.43. The van der Waals surface area contributed by atoms with Gasteiger partial charge in [-0.25, -0.2) is 0 Å². The van der Waals surface area contributed by atoms with E-state index in [1.54, 1.807) is 0 Å². The van der Waals surface area contributed by atoms with Crippen LogP contribution in [0.5, 0.6) is 0 Å². The van der Waals surface area contributed by atoms with Gasteiger partial charge >= 0.3 is 0 Å². The quantitative estimate of drug-likeness (QED) is 0.717. The second kappa shape index (κ2) is 5.68. The first-order valence-corrected chi connectivity index (χ1v) is 7.25. The summed E-state index contributed by atoms with van der Waals surface area (Å²) in [5.41, 5.74) is 0.303. The van der Waals surface area contributed by atoms with Crippen molar-refractivity contribution in [2.45, 2.75) is 51.6 Å². The Bertz CT molecular complexity index is 242. The van der Waals surface area contributed by atoms with Crippen molar-refractivity contribution < 1.29 is 4.74 Å². The molecule has 17 heavy (non-hydrogen) atoms. The van der Waals surface area contributed by atoms with E-state index in [9.17, 15) is 0 Å². The normalized spacial score (nSPS) is 35.1. The highest BCUT2D eigenvalue weighted by Crippen LogP contribution is 2.37. The van der Waals surface area contributed by atoms with Crippen LogP contribution in [0, 0.1) is 5.92 Å². The zero-order valence-electron chi connectivity index (χ0n) is 11.7. The Morgan fingerprint density at radius 2 is 2.12 bits per heavy atom. The Labute approximate surface area is 106 Å². The molecular weight excluding hydrogens is 212 g/mol. The van der Waals surface area contributed by atoms with Crippen molar-refractivity contribution in [3.63, 3.8) is 0 Å². The molecule has 0 aromatic carbocycles. The molecule has 3 nitrogen and oxygen atoms in total. The van der Waals surface area contributed by atoms with Crippen LogP contribution in [0.1, 0.15) is 40.0 Å². The van der Waals surface area contributed by atoms with Gasteiger partial charge in [0.05, 0.1) is 6.61 Å². The number of nitrogens with one attached hydrogen (secondary N) is 1. The van der Waals surface area contributed by atoms with Crippen molar-refractivity contribution in [3.8, 4) is 0 Å². The van der Waals surface area contributed by atoms with Crippen LogP contribution >= 0.6 is 0 Å². The van der Waals surface area contributed by atoms with E-state index >= 15 is 0 Å². The lowest BCUT2D eigenvalue weighted by atomic mass is 9.92. The number of rotatable bonds is 6. The van der Waals surface area contributed by atoms with Crippen molar-refractivity contribution in [2.24, 2.45) is 5.92 Å². The lowest BCUT2D eigenvalue weighted by molar-refractivity contribution is 0.0392. The van der Waals surface area contributed by atoms with Gasteiger partial charge in [-0.3, -0.25) is 4.90 Å². The van der Waals surface area contributed by atoms with Gasteiger partial charge in [-0.15, -0.1) is 0 Å². The highest BCUT2D eigenvalue weighted by atomic mass is 16.5. The van der Waals surface area contributed by atoms with Gasteiger partial charge < -0.3 is 10.1 Å². The molecule has 0 spiro atoms. The largest absolute Gasteiger partial charge is 0.380 e. The molecule has 1 aliphatic heterocycles. The zero-order chi connectivity index (χ0) is 12.3. The maximum absolute atomic E-state index is 5.52. The molecule has 0 aromatic rings. The van der Waals surface area contributed by atoms with Crippen LogP contribution in [0.3, 0.4) is 0 Å². The Hall–Kier alpha value is -0.120. The molecule has 0 bridgehead atoms. The predicted molar refractivity (Wildman–Crippen MR) is 71.3 cm³/mol. The SMILES string of the molecule is CCOCCN1CC(C)(CC)NCC1C1CC1. The van der Waals surface area contributed by atoms with Crippen molar-refractivity contribution in [1.29, 1.82) is 0 Å². The monoisotopic (exact) mass is 240 g/mol. The maximum Gasteiger partial charge on any atom is 0.0593 e. The Kier molecular flexibility index (Phi) is 4.45. The number of hydrogen-bond acceptors (Lipinski definition) is 3. The van der Waals surface area contributed by atoms with Crippen LogP contribution in [0.4, 0.5) is 0 Å². The summed E-state index contributed by atoms with van der Waals surface area (Å²) in [6.45, 7) is 11.9. The molecule has 1 aliphatic carbocycles. The summed E-state index contributed by atoms with van der Waals surface area (Å²) in [6.07, 6.45) is 4.07. The summed E-state index contributed by atoms with van der Waals surface area (Å²) in [4.78, 5) is 2.67. The number of ether oxygens (including phenoxy) is 1. The average molecular weight is 240 g/mol. The van der Waals surface area contributed by atoms with Crippen molar-refractivity contribution in [3.05, 3.63) is 0 Å². The summed E-state index contributed by atoms with van der Waals surface area (Å²) in [7, 11) is 0. The second-order valence-corrected chi connectivity index (χ2v) is 5.87. The maximum atomic E-state index is 5.52. The highest BCUT2D eigenvalue weighted by molar-refractivity contribution is 4.99. The van der Waals surface area contributed by atoms with E-state index in [4.69, 9.17) is 4.74 Å². The molecule has 2 rings (SSSR count). The fourth-order valence-corrected chi connectivity index (χ4v) is 2.86. The van der Waals surface area contributed by atoms with Gasteiger partial charge in [0, 0.05) is 37.8 Å². The first-order chi connectivity index (χ1) is 8.18. The van der Waals surface area contributed by atoms with E-state index in [2.05, 4.69) is 31.0 Å². The summed E-state index contributed by atoms with van der Waals surface area (Å²) in [6, 6.07) is 0.759. The molecule has 2 fully saturated rings. The van der Waals surface area contributed by atoms with Crippen LogP contribution in [-0.2, 0) is 4.74 Å². The van der Waals surface area contributed by atoms with Crippen molar-refractivity contribution in [2.75, 3.05) is 32.8 Å². The van der Waals surface area contributed by atoms with Crippen LogP contribution in [0.2, 0.25) is 0 Å². The molecule has 1 saturated heterocycles. The van der Waals surface area contributed by atoms with E-state index in [1.807, 2.05) is 0 Å². The van der Waals surface area contributed by atoms with E-state index in [0.29, 0.717) is 5.54 Å². The molecule has 2 atom stereocenters. The molecular formula is C14H28N2O. The van der Waals surface area contributed by atoms with E-state index in [-0.39, 0.29) is 0 Å². The Morgan fingerprint density at radius 3 is 2.71 bits per heavy atom. The Balaban J connectivity index is 1.89. The summed E-state index contributed by atoms with van der Waals surface area (Å²) >= 11 is 0. The molecule has 0 radical (unpaired) electrons. The summed E-state index contributed by atoms with van der Waals surface area (Å²) in [5.74, 6) is 0.950. The topological polar surface area (TPSA) is 24.5 Å². The predicted octanol–water partition coefficient (Wildman–Crippen LogP) is 1.88. The molecule has 0 aromatic heterocycles. The third-order valence-corrected chi connectivity index (χ3v) is 4.43. The summed E-state index contributed by atoms with van der Waals surface area (Å²) in [5, 5.41) is 3.75. The van der Waals surface area contributed by atoms with Gasteiger partial charge in [0.25, 0.3) is 0 Å². The van der Waals surface area contributed by atoms with Gasteiger partial charge in [-0.05, 0) is 39.0 Å². The molecule has 100 valence electrons. The average Bonchev–Trinajstić information content (AvgIpc) is 3.14. The minimum Gasteiger partial charge on any atom is -0.380 e. The van der Waals surface area contributed by atoms with Gasteiger partial charge in [-0.2, -0.15) is 0 Å². The van der Waals surface area contributed by atoms with Crippen LogP contribution in [0.15, 0.2) is 0 Å². The molecule has 2 aliphatic rings. The zero-order valence-corrected chi connectivity index (χ0v) is 11.7. The lowest BCUT2D eigenvalue weighted by Gasteiger charge is -2.46. The lowest BCUT2D eigenvalue weighted by Crippen LogP contribution is -2.63. The minimum atomic E-state index is 0.303. The minimum absolute atomic E-state index is 0.303. The molecule has 1 heterocycles. The number of piperazine rings is 1. The number of nitrogens with zero attached hydrogens (tertiary/aromatic N) is 1. The highest BCUT2D eigenvalue weighted by Gasteiger charge is 2.41. The van der Waals surface area contributed by atoms with Gasteiger partial charge in [0.1, 0.15) is 0 Å². The van der Waals surface area contributed by atoms with Crippen LogP contribution in [0.25, 0.3) is 0 Å². The fraction of sp³-hybridized carbons (Fsp3) is 1.00. The van der Waals surface area contributed by atoms with Crippen molar-refractivity contribution >= 4 is 0 Å².